The Labute approximate surface area is 148 Å². The minimum atomic E-state index is -0.0872. The Bertz CT molecular complexity index is 614. The van der Waals surface area contributed by atoms with Gasteiger partial charge in [-0.1, -0.05) is 5.57 Å². The van der Waals surface area contributed by atoms with Crippen molar-refractivity contribution in [1.29, 1.82) is 0 Å². The van der Waals surface area contributed by atoms with Crippen LogP contribution in [0.4, 0.5) is 0 Å². The predicted molar refractivity (Wildman–Crippen MR) is 94.0 cm³/mol. The number of hydrogen-bond acceptors (Lipinski definition) is 4. The van der Waals surface area contributed by atoms with Crippen molar-refractivity contribution in [3.8, 4) is 0 Å². The quantitative estimate of drug-likeness (QED) is 0.846. The molecule has 0 aliphatic carbocycles. The minimum Gasteiger partial charge on any atom is -0.381 e. The number of ether oxygens (including phenoxy) is 1. The summed E-state index contributed by atoms with van der Waals surface area (Å²) in [6, 6.07) is 3.51. The molecule has 1 N–H and O–H groups in total. The maximum absolute atomic E-state index is 12.4. The number of pyridine rings is 1. The topological polar surface area (TPSA) is 71.5 Å². The summed E-state index contributed by atoms with van der Waals surface area (Å²) < 4.78 is 5.31. The average molecular weight is 343 g/mol. The smallest absolute Gasteiger partial charge is 0.252 e. The third kappa shape index (κ3) is 5.13. The molecule has 6 nitrogen and oxygen atoms in total. The lowest BCUT2D eigenvalue weighted by molar-refractivity contribution is -0.127. The number of nitrogens with one attached hydrogen (secondary N) is 1. The maximum atomic E-state index is 12.4. The summed E-state index contributed by atoms with van der Waals surface area (Å²) in [5, 5.41) is 2.97. The summed E-state index contributed by atoms with van der Waals surface area (Å²) in [6.07, 6.45) is 8.59. The molecule has 2 saturated heterocycles. The number of likely N-dealkylation sites (tertiary alicyclic amines) is 1. The van der Waals surface area contributed by atoms with Crippen LogP contribution in [0.2, 0.25) is 0 Å². The molecule has 0 unspecified atom stereocenters. The molecule has 2 aliphatic rings. The molecule has 0 atom stereocenters. The van der Waals surface area contributed by atoms with Crippen LogP contribution in [0.3, 0.4) is 0 Å². The zero-order valence-electron chi connectivity index (χ0n) is 14.4. The lowest BCUT2D eigenvalue weighted by atomic mass is 9.96. The van der Waals surface area contributed by atoms with Crippen LogP contribution in [0.1, 0.15) is 36.0 Å². The summed E-state index contributed by atoms with van der Waals surface area (Å²) in [5.74, 6) is 0.450. The molecule has 3 rings (SSSR count). The lowest BCUT2D eigenvalue weighted by Gasteiger charge is -2.31. The van der Waals surface area contributed by atoms with Gasteiger partial charge in [-0.3, -0.25) is 14.6 Å². The summed E-state index contributed by atoms with van der Waals surface area (Å²) in [5.41, 5.74) is 1.78. The van der Waals surface area contributed by atoms with Gasteiger partial charge in [0.05, 0.1) is 18.8 Å². The first-order chi connectivity index (χ1) is 12.2. The second-order valence-electron chi connectivity index (χ2n) is 6.64. The third-order valence-corrected chi connectivity index (χ3v) is 4.86. The van der Waals surface area contributed by atoms with Crippen LogP contribution in [0, 0.1) is 5.92 Å². The molecule has 25 heavy (non-hydrogen) atoms. The molecule has 6 heteroatoms. The van der Waals surface area contributed by atoms with E-state index in [1.54, 1.807) is 30.6 Å². The van der Waals surface area contributed by atoms with Gasteiger partial charge < -0.3 is 15.0 Å². The first-order valence-electron chi connectivity index (χ1n) is 8.96. The van der Waals surface area contributed by atoms with Gasteiger partial charge in [0, 0.05) is 38.1 Å². The van der Waals surface area contributed by atoms with E-state index < -0.39 is 0 Å². The fraction of sp³-hybridized carbons (Fsp3) is 0.526. The van der Waals surface area contributed by atoms with Crippen LogP contribution >= 0.6 is 0 Å². The lowest BCUT2D eigenvalue weighted by Crippen LogP contribution is -2.41. The second-order valence-corrected chi connectivity index (χ2v) is 6.64. The van der Waals surface area contributed by atoms with Gasteiger partial charge in [-0.05, 0) is 43.7 Å². The maximum Gasteiger partial charge on any atom is 0.252 e. The summed E-state index contributed by atoms with van der Waals surface area (Å²) in [7, 11) is 0. The van der Waals surface area contributed by atoms with Crippen molar-refractivity contribution in [2.45, 2.75) is 25.7 Å². The van der Waals surface area contributed by atoms with E-state index in [9.17, 15) is 9.59 Å². The van der Waals surface area contributed by atoms with Crippen molar-refractivity contribution in [1.82, 2.24) is 15.2 Å². The minimum absolute atomic E-state index is 0.0872. The van der Waals surface area contributed by atoms with E-state index in [1.165, 1.54) is 5.57 Å². The molecule has 134 valence electrons. The Morgan fingerprint density at radius 3 is 2.72 bits per heavy atom. The number of carbonyl (C=O) groups is 2. The number of carbonyl (C=O) groups excluding carboxylic acids is 2. The molecule has 0 bridgehead atoms. The van der Waals surface area contributed by atoms with E-state index in [0.29, 0.717) is 18.0 Å². The van der Waals surface area contributed by atoms with Gasteiger partial charge in [-0.25, -0.2) is 0 Å². The van der Waals surface area contributed by atoms with E-state index in [2.05, 4.69) is 10.3 Å². The van der Waals surface area contributed by atoms with Gasteiger partial charge in [0.1, 0.15) is 0 Å². The van der Waals surface area contributed by atoms with E-state index >= 15 is 0 Å². The molecule has 0 spiro atoms. The Kier molecular flexibility index (Phi) is 6.17. The van der Waals surface area contributed by atoms with Crippen LogP contribution < -0.4 is 5.32 Å². The fourth-order valence-electron chi connectivity index (χ4n) is 3.24. The van der Waals surface area contributed by atoms with Gasteiger partial charge in [0.15, 0.2) is 0 Å². The number of hydrogen-bond donors (Lipinski definition) is 1. The average Bonchev–Trinajstić information content (AvgIpc) is 2.68. The van der Waals surface area contributed by atoms with Crippen LogP contribution in [0.25, 0.3) is 0 Å². The van der Waals surface area contributed by atoms with Gasteiger partial charge in [0.2, 0.25) is 5.91 Å². The van der Waals surface area contributed by atoms with Gasteiger partial charge >= 0.3 is 0 Å². The van der Waals surface area contributed by atoms with Crippen molar-refractivity contribution in [2.24, 2.45) is 5.92 Å². The molecule has 3 heterocycles. The van der Waals surface area contributed by atoms with E-state index in [-0.39, 0.29) is 11.8 Å². The van der Waals surface area contributed by atoms with E-state index in [0.717, 1.165) is 52.0 Å². The molecule has 2 amide bonds. The standard InChI is InChI=1S/C19H25N3O3/c23-18(12-15-5-10-25-11-6-15)22-8-3-16(4-9-22)13-21-19(24)17-2-1-7-20-14-17/h1-2,7,12,14,16H,3-6,8-11,13H2,(H,21,24). The van der Waals surface area contributed by atoms with Crippen molar-refractivity contribution in [3.05, 3.63) is 41.7 Å². The largest absolute Gasteiger partial charge is 0.381 e. The number of rotatable bonds is 4. The zero-order valence-corrected chi connectivity index (χ0v) is 14.4. The molecule has 0 radical (unpaired) electrons. The molecule has 0 saturated carbocycles. The second kappa shape index (κ2) is 8.76. The van der Waals surface area contributed by atoms with Crippen molar-refractivity contribution in [2.75, 3.05) is 32.8 Å². The first kappa shape index (κ1) is 17.6. The highest BCUT2D eigenvalue weighted by atomic mass is 16.5. The summed E-state index contributed by atoms with van der Waals surface area (Å²) in [4.78, 5) is 30.3. The normalized spacial score (nSPS) is 18.7. The van der Waals surface area contributed by atoms with E-state index in [4.69, 9.17) is 4.74 Å². The van der Waals surface area contributed by atoms with Gasteiger partial charge in [-0.2, -0.15) is 0 Å². The van der Waals surface area contributed by atoms with Crippen LogP contribution in [0.15, 0.2) is 36.2 Å². The highest BCUT2D eigenvalue weighted by molar-refractivity contribution is 5.93. The Morgan fingerprint density at radius 1 is 1.28 bits per heavy atom. The number of aromatic nitrogens is 1. The predicted octanol–water partition coefficient (Wildman–Crippen LogP) is 1.79. The van der Waals surface area contributed by atoms with Crippen molar-refractivity contribution in [3.63, 3.8) is 0 Å². The molecule has 2 aliphatic heterocycles. The molecule has 1 aromatic rings. The van der Waals surface area contributed by atoms with Crippen LogP contribution in [0.5, 0.6) is 0 Å². The van der Waals surface area contributed by atoms with Gasteiger partial charge in [0.25, 0.3) is 5.91 Å². The van der Waals surface area contributed by atoms with Crippen molar-refractivity contribution >= 4 is 11.8 Å². The van der Waals surface area contributed by atoms with Gasteiger partial charge in [-0.15, -0.1) is 0 Å². The fourth-order valence-corrected chi connectivity index (χ4v) is 3.24. The number of piperidine rings is 1. The molecule has 1 aromatic heterocycles. The molecular formula is C19H25N3O3. The monoisotopic (exact) mass is 343 g/mol. The third-order valence-electron chi connectivity index (χ3n) is 4.86. The SMILES string of the molecule is O=C(NCC1CCN(C(=O)C=C2CCOCC2)CC1)c1cccnc1. The summed E-state index contributed by atoms with van der Waals surface area (Å²) in [6.45, 7) is 3.60. The molecule has 2 fully saturated rings. The highest BCUT2D eigenvalue weighted by Crippen LogP contribution is 2.19. The Balaban J connectivity index is 1.41. The first-order valence-corrected chi connectivity index (χ1v) is 8.96. The van der Waals surface area contributed by atoms with Crippen LogP contribution in [-0.4, -0.2) is 54.5 Å². The zero-order chi connectivity index (χ0) is 17.5. The highest BCUT2D eigenvalue weighted by Gasteiger charge is 2.22. The number of nitrogens with zero attached hydrogens (tertiary/aromatic N) is 2. The molecule has 0 aromatic carbocycles. The van der Waals surface area contributed by atoms with Crippen molar-refractivity contribution < 1.29 is 14.3 Å². The molecular weight excluding hydrogens is 318 g/mol. The summed E-state index contributed by atoms with van der Waals surface area (Å²) >= 11 is 0. The van der Waals surface area contributed by atoms with E-state index in [1.807, 2.05) is 4.90 Å². The van der Waals surface area contributed by atoms with Crippen LogP contribution in [-0.2, 0) is 9.53 Å². The Hall–Kier alpha value is -2.21. The Morgan fingerprint density at radius 2 is 2.04 bits per heavy atom. The number of amides is 2.